The minimum absolute atomic E-state index is 0.519. The zero-order valence-corrected chi connectivity index (χ0v) is 13.9. The number of rotatable bonds is 10. The predicted molar refractivity (Wildman–Crippen MR) is 90.2 cm³/mol. The Morgan fingerprint density at radius 2 is 1.70 bits per heavy atom. The van der Waals surface area contributed by atoms with Gasteiger partial charge in [0.05, 0.1) is 0 Å². The van der Waals surface area contributed by atoms with E-state index in [0.29, 0.717) is 6.04 Å². The summed E-state index contributed by atoms with van der Waals surface area (Å²) in [5.74, 6) is 0.782. The smallest absolute Gasteiger partial charge is 0.0322 e. The van der Waals surface area contributed by atoms with Crippen LogP contribution >= 0.6 is 0 Å². The van der Waals surface area contributed by atoms with Gasteiger partial charge in [-0.2, -0.15) is 0 Å². The molecule has 0 aliphatic carbocycles. The van der Waals surface area contributed by atoms with Crippen molar-refractivity contribution in [1.82, 2.24) is 5.32 Å². The molecule has 0 aliphatic heterocycles. The molecule has 0 bridgehead atoms. The molecule has 2 unspecified atom stereocenters. The average Bonchev–Trinajstić information content (AvgIpc) is 2.49. The van der Waals surface area contributed by atoms with Gasteiger partial charge in [0.15, 0.2) is 0 Å². The molecule has 0 amide bonds. The minimum Gasteiger partial charge on any atom is -0.310 e. The van der Waals surface area contributed by atoms with Crippen LogP contribution in [0.5, 0.6) is 0 Å². The zero-order chi connectivity index (χ0) is 14.8. The molecule has 20 heavy (non-hydrogen) atoms. The molecule has 0 saturated heterocycles. The highest BCUT2D eigenvalue weighted by Gasteiger charge is 2.13. The van der Waals surface area contributed by atoms with E-state index < -0.39 is 0 Å². The summed E-state index contributed by atoms with van der Waals surface area (Å²) < 4.78 is 0. The number of benzene rings is 1. The van der Waals surface area contributed by atoms with E-state index in [0.717, 1.165) is 12.5 Å². The summed E-state index contributed by atoms with van der Waals surface area (Å²) in [7, 11) is 0. The monoisotopic (exact) mass is 275 g/mol. The number of hydrogen-bond donors (Lipinski definition) is 1. The maximum Gasteiger partial charge on any atom is 0.0322 e. The van der Waals surface area contributed by atoms with Gasteiger partial charge in [0.2, 0.25) is 0 Å². The summed E-state index contributed by atoms with van der Waals surface area (Å²) in [5.41, 5.74) is 2.94. The van der Waals surface area contributed by atoms with E-state index in [-0.39, 0.29) is 0 Å². The van der Waals surface area contributed by atoms with Gasteiger partial charge in [-0.25, -0.2) is 0 Å². The van der Waals surface area contributed by atoms with Crippen LogP contribution in [0.3, 0.4) is 0 Å². The molecule has 1 rings (SSSR count). The van der Waals surface area contributed by atoms with Gasteiger partial charge in [-0.1, -0.05) is 64.8 Å². The van der Waals surface area contributed by atoms with Crippen molar-refractivity contribution in [1.29, 1.82) is 0 Å². The Hall–Kier alpha value is -0.820. The molecule has 1 heteroatoms. The van der Waals surface area contributed by atoms with Crippen molar-refractivity contribution in [3.63, 3.8) is 0 Å². The van der Waals surface area contributed by atoms with Crippen molar-refractivity contribution in [2.45, 2.75) is 72.3 Å². The summed E-state index contributed by atoms with van der Waals surface area (Å²) >= 11 is 0. The van der Waals surface area contributed by atoms with Gasteiger partial charge < -0.3 is 5.32 Å². The molecular weight excluding hydrogens is 242 g/mol. The SMILES string of the molecule is CCCCc1ccc(C(CC(C)CC)NCCC)cc1. The Kier molecular flexibility index (Phi) is 8.60. The van der Waals surface area contributed by atoms with Crippen LogP contribution in [0.15, 0.2) is 24.3 Å². The number of unbranched alkanes of at least 4 members (excludes halogenated alkanes) is 1. The van der Waals surface area contributed by atoms with E-state index >= 15 is 0 Å². The van der Waals surface area contributed by atoms with Crippen molar-refractivity contribution in [3.05, 3.63) is 35.4 Å². The lowest BCUT2D eigenvalue weighted by Crippen LogP contribution is -2.24. The second kappa shape index (κ2) is 9.99. The molecule has 0 saturated carbocycles. The van der Waals surface area contributed by atoms with Gasteiger partial charge >= 0.3 is 0 Å². The first-order chi connectivity index (χ1) is 9.71. The third-order valence-corrected chi connectivity index (χ3v) is 4.18. The molecule has 1 aromatic rings. The van der Waals surface area contributed by atoms with Crippen LogP contribution in [0.2, 0.25) is 0 Å². The third kappa shape index (κ3) is 6.09. The molecule has 0 aromatic heterocycles. The van der Waals surface area contributed by atoms with E-state index in [1.54, 1.807) is 0 Å². The fourth-order valence-corrected chi connectivity index (χ4v) is 2.52. The normalized spacial score (nSPS) is 14.2. The summed E-state index contributed by atoms with van der Waals surface area (Å²) in [5, 5.41) is 3.71. The van der Waals surface area contributed by atoms with Gasteiger partial charge in [-0.15, -0.1) is 0 Å². The van der Waals surface area contributed by atoms with E-state index in [9.17, 15) is 0 Å². The van der Waals surface area contributed by atoms with Crippen molar-refractivity contribution >= 4 is 0 Å². The number of aryl methyl sites for hydroxylation is 1. The summed E-state index contributed by atoms with van der Waals surface area (Å²) in [6, 6.07) is 9.83. The topological polar surface area (TPSA) is 12.0 Å². The first kappa shape index (κ1) is 17.2. The van der Waals surface area contributed by atoms with Crippen LogP contribution in [0.1, 0.15) is 77.0 Å². The van der Waals surface area contributed by atoms with Crippen LogP contribution in [0.4, 0.5) is 0 Å². The first-order valence-corrected chi connectivity index (χ1v) is 8.53. The zero-order valence-electron chi connectivity index (χ0n) is 13.9. The Balaban J connectivity index is 2.68. The minimum atomic E-state index is 0.519. The van der Waals surface area contributed by atoms with Gasteiger partial charge in [0, 0.05) is 6.04 Å². The predicted octanol–water partition coefficient (Wildman–Crippen LogP) is 5.51. The van der Waals surface area contributed by atoms with Crippen LogP contribution < -0.4 is 5.32 Å². The van der Waals surface area contributed by atoms with Crippen LogP contribution in [-0.4, -0.2) is 6.54 Å². The molecule has 1 N–H and O–H groups in total. The van der Waals surface area contributed by atoms with E-state index in [1.807, 2.05) is 0 Å². The highest BCUT2D eigenvalue weighted by Crippen LogP contribution is 2.23. The molecule has 0 aliphatic rings. The van der Waals surface area contributed by atoms with Gasteiger partial charge in [-0.05, 0) is 49.3 Å². The Morgan fingerprint density at radius 1 is 1.00 bits per heavy atom. The molecule has 1 nitrogen and oxygen atoms in total. The fraction of sp³-hybridized carbons (Fsp3) is 0.684. The first-order valence-electron chi connectivity index (χ1n) is 8.53. The van der Waals surface area contributed by atoms with Gasteiger partial charge in [0.25, 0.3) is 0 Å². The maximum absolute atomic E-state index is 3.71. The van der Waals surface area contributed by atoms with E-state index in [4.69, 9.17) is 0 Å². The van der Waals surface area contributed by atoms with E-state index in [2.05, 4.69) is 57.3 Å². The maximum atomic E-state index is 3.71. The Labute approximate surface area is 126 Å². The lowest BCUT2D eigenvalue weighted by Gasteiger charge is -2.22. The second-order valence-electron chi connectivity index (χ2n) is 6.10. The quantitative estimate of drug-likeness (QED) is 0.594. The third-order valence-electron chi connectivity index (χ3n) is 4.18. The molecule has 114 valence electrons. The Bertz CT molecular complexity index is 341. The lowest BCUT2D eigenvalue weighted by molar-refractivity contribution is 0.402. The van der Waals surface area contributed by atoms with Crippen molar-refractivity contribution in [2.24, 2.45) is 5.92 Å². The molecule has 1 aromatic carbocycles. The van der Waals surface area contributed by atoms with Crippen molar-refractivity contribution in [2.75, 3.05) is 6.54 Å². The molecule has 0 radical (unpaired) electrons. The highest BCUT2D eigenvalue weighted by molar-refractivity contribution is 5.25. The number of nitrogens with one attached hydrogen (secondary N) is 1. The van der Waals surface area contributed by atoms with Crippen LogP contribution in [0, 0.1) is 5.92 Å². The lowest BCUT2D eigenvalue weighted by atomic mass is 9.93. The molecule has 0 spiro atoms. The van der Waals surface area contributed by atoms with E-state index in [1.165, 1.54) is 49.7 Å². The highest BCUT2D eigenvalue weighted by atomic mass is 14.9. The fourth-order valence-electron chi connectivity index (χ4n) is 2.52. The molecule has 0 heterocycles. The van der Waals surface area contributed by atoms with Crippen LogP contribution in [0.25, 0.3) is 0 Å². The van der Waals surface area contributed by atoms with Crippen LogP contribution in [-0.2, 0) is 6.42 Å². The molecular formula is C19H33N. The standard InChI is InChI=1S/C19H33N/c1-5-8-9-17-10-12-18(13-11-17)19(20-14-6-2)15-16(4)7-3/h10-13,16,19-20H,5-9,14-15H2,1-4H3. The average molecular weight is 275 g/mol. The molecule has 2 atom stereocenters. The molecule has 0 fully saturated rings. The van der Waals surface area contributed by atoms with Crippen molar-refractivity contribution in [3.8, 4) is 0 Å². The summed E-state index contributed by atoms with van der Waals surface area (Å²) in [6.07, 6.45) is 7.49. The second-order valence-corrected chi connectivity index (χ2v) is 6.10. The van der Waals surface area contributed by atoms with Gasteiger partial charge in [-0.3, -0.25) is 0 Å². The largest absolute Gasteiger partial charge is 0.310 e. The number of hydrogen-bond acceptors (Lipinski definition) is 1. The van der Waals surface area contributed by atoms with Crippen molar-refractivity contribution < 1.29 is 0 Å². The van der Waals surface area contributed by atoms with Gasteiger partial charge in [0.1, 0.15) is 0 Å². The summed E-state index contributed by atoms with van der Waals surface area (Å²) in [6.45, 7) is 10.2. The Morgan fingerprint density at radius 3 is 2.25 bits per heavy atom. The summed E-state index contributed by atoms with van der Waals surface area (Å²) in [4.78, 5) is 0.